The molecule has 0 amide bonds. The highest BCUT2D eigenvalue weighted by Crippen LogP contribution is 2.42. The maximum Gasteiger partial charge on any atom is 0.333 e. The first-order valence-corrected chi connectivity index (χ1v) is 12.0. The van der Waals surface area contributed by atoms with Gasteiger partial charge in [-0.2, -0.15) is 5.10 Å². The summed E-state index contributed by atoms with van der Waals surface area (Å²) >= 11 is 7.97. The molecule has 2 aromatic carbocycles. The van der Waals surface area contributed by atoms with E-state index >= 15 is 0 Å². The molecule has 0 bridgehead atoms. The standard InChI is InChI=1S/C26H18ClN5O2S/c1-14-13-31(2)30-23(14)17-8-5-9-18(27)22(17)21-10-19-24(35-21)25(33)32(26(34)29-19)20-12-28-11-15-6-3-4-7-16(15)20/h3-13H,1-2H3,(H,29,34). The molecular weight excluding hydrogens is 482 g/mol. The van der Waals surface area contributed by atoms with Gasteiger partial charge in [-0.05, 0) is 24.6 Å². The molecule has 0 atom stereocenters. The molecule has 9 heteroatoms. The molecule has 6 rings (SSSR count). The zero-order chi connectivity index (χ0) is 24.3. The number of hydrogen-bond donors (Lipinski definition) is 1. The van der Waals surface area contributed by atoms with Crippen molar-refractivity contribution in [3.8, 4) is 27.4 Å². The van der Waals surface area contributed by atoms with Gasteiger partial charge in [-0.25, -0.2) is 9.36 Å². The average molecular weight is 500 g/mol. The van der Waals surface area contributed by atoms with Crippen molar-refractivity contribution in [2.45, 2.75) is 6.92 Å². The highest BCUT2D eigenvalue weighted by Gasteiger charge is 2.20. The third kappa shape index (κ3) is 3.41. The van der Waals surface area contributed by atoms with Gasteiger partial charge >= 0.3 is 5.69 Å². The number of thiophene rings is 1. The van der Waals surface area contributed by atoms with Gasteiger partial charge < -0.3 is 4.98 Å². The van der Waals surface area contributed by atoms with Crippen molar-refractivity contribution in [3.05, 3.63) is 98.5 Å². The molecular formula is C26H18ClN5O2S. The van der Waals surface area contributed by atoms with E-state index in [9.17, 15) is 9.59 Å². The number of pyridine rings is 1. The van der Waals surface area contributed by atoms with Gasteiger partial charge in [-0.15, -0.1) is 11.3 Å². The summed E-state index contributed by atoms with van der Waals surface area (Å²) in [6, 6.07) is 15.0. The van der Waals surface area contributed by atoms with Crippen LogP contribution in [-0.4, -0.2) is 24.3 Å². The molecule has 0 saturated carbocycles. The molecule has 35 heavy (non-hydrogen) atoms. The summed E-state index contributed by atoms with van der Waals surface area (Å²) in [5, 5.41) is 6.76. The number of aromatic nitrogens is 5. The van der Waals surface area contributed by atoms with E-state index in [0.717, 1.165) is 42.6 Å². The molecule has 0 fully saturated rings. The number of halogens is 1. The van der Waals surface area contributed by atoms with Crippen LogP contribution in [-0.2, 0) is 7.05 Å². The maximum atomic E-state index is 13.6. The zero-order valence-corrected chi connectivity index (χ0v) is 20.3. The molecule has 4 aromatic heterocycles. The molecule has 0 aliphatic heterocycles. The fourth-order valence-corrected chi connectivity index (χ4v) is 5.92. The molecule has 4 heterocycles. The third-order valence-electron chi connectivity index (χ3n) is 5.99. The Bertz CT molecular complexity index is 1890. The van der Waals surface area contributed by atoms with Gasteiger partial charge in [-0.3, -0.25) is 14.5 Å². The van der Waals surface area contributed by atoms with Gasteiger partial charge in [0, 0.05) is 51.2 Å². The van der Waals surface area contributed by atoms with E-state index in [4.69, 9.17) is 11.6 Å². The minimum atomic E-state index is -0.523. The van der Waals surface area contributed by atoms with E-state index in [2.05, 4.69) is 15.1 Å². The average Bonchev–Trinajstić information content (AvgIpc) is 3.41. The number of benzene rings is 2. The first kappa shape index (κ1) is 21.5. The van der Waals surface area contributed by atoms with Crippen molar-refractivity contribution in [2.24, 2.45) is 7.05 Å². The number of nitrogens with one attached hydrogen (secondary N) is 1. The second kappa shape index (κ2) is 8.04. The van der Waals surface area contributed by atoms with Crippen molar-refractivity contribution in [2.75, 3.05) is 0 Å². The minimum Gasteiger partial charge on any atom is -0.306 e. The first-order chi connectivity index (χ1) is 16.9. The fraction of sp³-hybridized carbons (Fsp3) is 0.0769. The highest BCUT2D eigenvalue weighted by molar-refractivity contribution is 7.22. The van der Waals surface area contributed by atoms with Crippen molar-refractivity contribution in [1.29, 1.82) is 0 Å². The first-order valence-electron chi connectivity index (χ1n) is 10.8. The third-order valence-corrected chi connectivity index (χ3v) is 7.44. The Hall–Kier alpha value is -4.01. The van der Waals surface area contributed by atoms with Gasteiger partial charge in [0.05, 0.1) is 23.1 Å². The molecule has 6 aromatic rings. The lowest BCUT2D eigenvalue weighted by Crippen LogP contribution is -2.33. The summed E-state index contributed by atoms with van der Waals surface area (Å²) in [4.78, 5) is 34.6. The van der Waals surface area contributed by atoms with E-state index in [0.29, 0.717) is 20.9 Å². The van der Waals surface area contributed by atoms with E-state index in [1.165, 1.54) is 17.5 Å². The van der Waals surface area contributed by atoms with Crippen LogP contribution in [0.1, 0.15) is 5.56 Å². The van der Waals surface area contributed by atoms with Crippen molar-refractivity contribution < 1.29 is 0 Å². The quantitative estimate of drug-likeness (QED) is 0.357. The van der Waals surface area contributed by atoms with Crippen molar-refractivity contribution in [3.63, 3.8) is 0 Å². The van der Waals surface area contributed by atoms with Crippen LogP contribution in [0.3, 0.4) is 0 Å². The summed E-state index contributed by atoms with van der Waals surface area (Å²) in [6.45, 7) is 1.99. The second-order valence-corrected chi connectivity index (χ2v) is 9.76. The van der Waals surface area contributed by atoms with Crippen molar-refractivity contribution in [1.82, 2.24) is 24.3 Å². The Labute approximate surface area is 207 Å². The summed E-state index contributed by atoms with van der Waals surface area (Å²) in [6.07, 6.45) is 5.19. The Balaban J connectivity index is 1.61. The van der Waals surface area contributed by atoms with Crippen LogP contribution in [0, 0.1) is 6.92 Å². The lowest BCUT2D eigenvalue weighted by Gasteiger charge is -2.09. The highest BCUT2D eigenvalue weighted by atomic mass is 35.5. The number of aryl methyl sites for hydroxylation is 2. The Morgan fingerprint density at radius 2 is 1.89 bits per heavy atom. The van der Waals surface area contributed by atoms with Gasteiger partial charge in [0.15, 0.2) is 0 Å². The molecule has 172 valence electrons. The predicted molar refractivity (Wildman–Crippen MR) is 141 cm³/mol. The van der Waals surface area contributed by atoms with E-state index in [-0.39, 0.29) is 0 Å². The smallest absolute Gasteiger partial charge is 0.306 e. The van der Waals surface area contributed by atoms with E-state index in [1.807, 2.05) is 62.6 Å². The van der Waals surface area contributed by atoms with Crippen LogP contribution >= 0.6 is 22.9 Å². The van der Waals surface area contributed by atoms with Gasteiger partial charge in [0.25, 0.3) is 5.56 Å². The molecule has 0 saturated heterocycles. The molecule has 0 aliphatic rings. The Morgan fingerprint density at radius 1 is 1.06 bits per heavy atom. The summed E-state index contributed by atoms with van der Waals surface area (Å²) < 4.78 is 3.33. The van der Waals surface area contributed by atoms with Crippen LogP contribution in [0.15, 0.2) is 76.7 Å². The SMILES string of the molecule is Cc1cn(C)nc1-c1cccc(Cl)c1-c1cc2[nH]c(=O)n(-c3cncc4ccccc34)c(=O)c2s1. The van der Waals surface area contributed by atoms with E-state index in [1.54, 1.807) is 16.9 Å². The maximum absolute atomic E-state index is 13.6. The van der Waals surface area contributed by atoms with Crippen LogP contribution in [0.4, 0.5) is 0 Å². The van der Waals surface area contributed by atoms with Crippen LogP contribution < -0.4 is 11.2 Å². The van der Waals surface area contributed by atoms with Crippen LogP contribution in [0.25, 0.3) is 48.4 Å². The number of rotatable bonds is 3. The summed E-state index contributed by atoms with van der Waals surface area (Å²) in [5.74, 6) is 0. The lowest BCUT2D eigenvalue weighted by atomic mass is 10.0. The normalized spacial score (nSPS) is 11.5. The van der Waals surface area contributed by atoms with Gasteiger partial charge in [0.2, 0.25) is 0 Å². The van der Waals surface area contributed by atoms with Gasteiger partial charge in [-0.1, -0.05) is 48.0 Å². The molecule has 0 radical (unpaired) electrons. The number of H-pyrrole nitrogens is 1. The topological polar surface area (TPSA) is 85.6 Å². The van der Waals surface area contributed by atoms with E-state index < -0.39 is 11.2 Å². The number of hydrogen-bond acceptors (Lipinski definition) is 5. The lowest BCUT2D eigenvalue weighted by molar-refractivity contribution is 0.770. The largest absolute Gasteiger partial charge is 0.333 e. The Morgan fingerprint density at radius 3 is 2.69 bits per heavy atom. The number of nitrogens with zero attached hydrogens (tertiary/aromatic N) is 4. The molecule has 1 N–H and O–H groups in total. The predicted octanol–water partition coefficient (Wildman–Crippen LogP) is 5.32. The van der Waals surface area contributed by atoms with Crippen molar-refractivity contribution >= 4 is 43.9 Å². The van der Waals surface area contributed by atoms with Crippen LogP contribution in [0.5, 0.6) is 0 Å². The minimum absolute atomic E-state index is 0.402. The second-order valence-electron chi connectivity index (χ2n) is 8.30. The molecule has 0 aliphatic carbocycles. The molecule has 0 unspecified atom stereocenters. The van der Waals surface area contributed by atoms with Crippen LogP contribution in [0.2, 0.25) is 5.02 Å². The van der Waals surface area contributed by atoms with Gasteiger partial charge in [0.1, 0.15) is 4.70 Å². The molecule has 7 nitrogen and oxygen atoms in total. The summed E-state index contributed by atoms with van der Waals surface area (Å²) in [5.41, 5.74) is 3.44. The summed E-state index contributed by atoms with van der Waals surface area (Å²) in [7, 11) is 1.87. The number of fused-ring (bicyclic) bond motifs is 2. The zero-order valence-electron chi connectivity index (χ0n) is 18.7. The molecule has 0 spiro atoms. The number of aromatic amines is 1. The fourth-order valence-electron chi connectivity index (χ4n) is 4.47. The monoisotopic (exact) mass is 499 g/mol. The Kier molecular flexibility index (Phi) is 4.94.